The lowest BCUT2D eigenvalue weighted by Crippen LogP contribution is -2.28. The monoisotopic (exact) mass is 199 g/mol. The maximum absolute atomic E-state index is 11.7. The molecule has 0 bridgehead atoms. The van der Waals surface area contributed by atoms with Gasteiger partial charge in [-0.1, -0.05) is 5.92 Å². The molecule has 74 valence electrons. The highest BCUT2D eigenvalue weighted by molar-refractivity contribution is 7.86. The van der Waals surface area contributed by atoms with E-state index in [4.69, 9.17) is 6.42 Å². The standard InChI is InChI=1S/C10H17NOS/c1-4-6-11-7-5-10(2,3)13(12)9-8-11/h1H,5-9H2,2-3H3. The van der Waals surface area contributed by atoms with E-state index >= 15 is 0 Å². The van der Waals surface area contributed by atoms with E-state index in [9.17, 15) is 4.21 Å². The zero-order valence-corrected chi connectivity index (χ0v) is 9.19. The summed E-state index contributed by atoms with van der Waals surface area (Å²) in [6, 6.07) is 0. The number of hydrogen-bond donors (Lipinski definition) is 0. The number of terminal acetylenes is 1. The molecule has 0 saturated carbocycles. The van der Waals surface area contributed by atoms with Gasteiger partial charge in [0.25, 0.3) is 0 Å². The van der Waals surface area contributed by atoms with Crippen LogP contribution < -0.4 is 0 Å². The molecule has 1 saturated heterocycles. The van der Waals surface area contributed by atoms with Crippen molar-refractivity contribution >= 4 is 10.8 Å². The van der Waals surface area contributed by atoms with Gasteiger partial charge in [-0.15, -0.1) is 6.42 Å². The second kappa shape index (κ2) is 4.26. The van der Waals surface area contributed by atoms with Crippen LogP contribution in [0.5, 0.6) is 0 Å². The Morgan fingerprint density at radius 3 is 2.85 bits per heavy atom. The first kappa shape index (κ1) is 10.7. The average Bonchev–Trinajstić information content (AvgIpc) is 2.19. The Bertz CT molecular complexity index is 242. The molecule has 1 aliphatic heterocycles. The molecule has 0 aromatic heterocycles. The van der Waals surface area contributed by atoms with Gasteiger partial charge in [0, 0.05) is 34.4 Å². The smallest absolute Gasteiger partial charge is 0.0599 e. The van der Waals surface area contributed by atoms with Crippen LogP contribution in [0.4, 0.5) is 0 Å². The van der Waals surface area contributed by atoms with Gasteiger partial charge in [-0.05, 0) is 20.3 Å². The quantitative estimate of drug-likeness (QED) is 0.584. The zero-order chi connectivity index (χ0) is 9.90. The lowest BCUT2D eigenvalue weighted by molar-refractivity contribution is 0.318. The van der Waals surface area contributed by atoms with Crippen LogP contribution in [-0.4, -0.2) is 39.2 Å². The van der Waals surface area contributed by atoms with Crippen LogP contribution in [0.25, 0.3) is 0 Å². The van der Waals surface area contributed by atoms with Gasteiger partial charge in [-0.25, -0.2) is 0 Å². The van der Waals surface area contributed by atoms with E-state index in [0.717, 1.165) is 25.3 Å². The van der Waals surface area contributed by atoms with E-state index in [1.54, 1.807) is 0 Å². The van der Waals surface area contributed by atoms with Crippen LogP contribution in [0.15, 0.2) is 0 Å². The van der Waals surface area contributed by atoms with Gasteiger partial charge in [-0.3, -0.25) is 9.11 Å². The van der Waals surface area contributed by atoms with Crippen molar-refractivity contribution in [3.8, 4) is 12.3 Å². The largest absolute Gasteiger partial charge is 0.291 e. The third kappa shape index (κ3) is 2.82. The Kier molecular flexibility index (Phi) is 3.52. The Hall–Kier alpha value is -0.330. The molecule has 3 heteroatoms. The van der Waals surface area contributed by atoms with Crippen LogP contribution in [0.3, 0.4) is 0 Å². The van der Waals surface area contributed by atoms with Crippen molar-refractivity contribution in [2.75, 3.05) is 25.4 Å². The summed E-state index contributed by atoms with van der Waals surface area (Å²) in [5.41, 5.74) is 0. The minimum absolute atomic E-state index is 0.0383. The summed E-state index contributed by atoms with van der Waals surface area (Å²) in [6.07, 6.45) is 6.22. The van der Waals surface area contributed by atoms with E-state index in [-0.39, 0.29) is 4.75 Å². The molecule has 0 spiro atoms. The van der Waals surface area contributed by atoms with E-state index in [1.807, 2.05) is 0 Å². The molecule has 0 amide bonds. The summed E-state index contributed by atoms with van der Waals surface area (Å²) >= 11 is 0. The van der Waals surface area contributed by atoms with E-state index in [1.165, 1.54) is 0 Å². The maximum Gasteiger partial charge on any atom is 0.0599 e. The summed E-state index contributed by atoms with van der Waals surface area (Å²) in [7, 11) is -0.702. The molecule has 1 heterocycles. The topological polar surface area (TPSA) is 20.3 Å². The van der Waals surface area contributed by atoms with Crippen molar-refractivity contribution in [3.05, 3.63) is 0 Å². The van der Waals surface area contributed by atoms with Crippen molar-refractivity contribution in [1.82, 2.24) is 4.90 Å². The van der Waals surface area contributed by atoms with Gasteiger partial charge < -0.3 is 0 Å². The summed E-state index contributed by atoms with van der Waals surface area (Å²) < 4.78 is 11.7. The molecule has 1 rings (SSSR count). The van der Waals surface area contributed by atoms with E-state index in [0.29, 0.717) is 6.54 Å². The highest BCUT2D eigenvalue weighted by atomic mass is 32.2. The number of hydrogen-bond acceptors (Lipinski definition) is 2. The average molecular weight is 199 g/mol. The van der Waals surface area contributed by atoms with Crippen molar-refractivity contribution in [3.63, 3.8) is 0 Å². The minimum Gasteiger partial charge on any atom is -0.291 e. The van der Waals surface area contributed by atoms with Gasteiger partial charge in [-0.2, -0.15) is 0 Å². The molecule has 1 atom stereocenters. The lowest BCUT2D eigenvalue weighted by atomic mass is 10.1. The molecule has 1 aliphatic rings. The fraction of sp³-hybridized carbons (Fsp3) is 0.800. The molecule has 1 unspecified atom stereocenters. The summed E-state index contributed by atoms with van der Waals surface area (Å²) in [5, 5.41) is 0. The fourth-order valence-corrected chi connectivity index (χ4v) is 2.72. The van der Waals surface area contributed by atoms with Crippen LogP contribution in [-0.2, 0) is 10.8 Å². The summed E-state index contributed by atoms with van der Waals surface area (Å²) in [4.78, 5) is 2.20. The maximum atomic E-state index is 11.7. The van der Waals surface area contributed by atoms with Gasteiger partial charge in [0.2, 0.25) is 0 Å². The van der Waals surface area contributed by atoms with E-state index in [2.05, 4.69) is 24.7 Å². The lowest BCUT2D eigenvalue weighted by Gasteiger charge is -2.21. The third-order valence-electron chi connectivity index (χ3n) is 2.55. The normalized spacial score (nSPS) is 29.2. The molecule has 0 N–H and O–H groups in total. The second-order valence-corrected chi connectivity index (χ2v) is 6.24. The first-order chi connectivity index (χ1) is 6.06. The first-order valence-corrected chi connectivity index (χ1v) is 5.92. The Morgan fingerprint density at radius 2 is 2.23 bits per heavy atom. The molecular formula is C10H17NOS. The van der Waals surface area contributed by atoms with Crippen molar-refractivity contribution in [2.45, 2.75) is 25.0 Å². The van der Waals surface area contributed by atoms with Crippen molar-refractivity contribution < 1.29 is 4.21 Å². The van der Waals surface area contributed by atoms with Gasteiger partial charge in [0.1, 0.15) is 0 Å². The predicted molar refractivity (Wildman–Crippen MR) is 57.0 cm³/mol. The molecule has 0 aliphatic carbocycles. The number of nitrogens with zero attached hydrogens (tertiary/aromatic N) is 1. The van der Waals surface area contributed by atoms with Crippen LogP contribution in [0.1, 0.15) is 20.3 Å². The van der Waals surface area contributed by atoms with Crippen molar-refractivity contribution in [2.24, 2.45) is 0 Å². The molecule has 2 nitrogen and oxygen atoms in total. The van der Waals surface area contributed by atoms with Crippen LogP contribution in [0, 0.1) is 12.3 Å². The summed E-state index contributed by atoms with van der Waals surface area (Å²) in [5.74, 6) is 3.39. The zero-order valence-electron chi connectivity index (χ0n) is 8.38. The molecule has 0 radical (unpaired) electrons. The predicted octanol–water partition coefficient (Wildman–Crippen LogP) is 0.853. The Balaban J connectivity index is 2.58. The molecular weight excluding hydrogens is 182 g/mol. The van der Waals surface area contributed by atoms with Gasteiger partial charge in [0.15, 0.2) is 0 Å². The fourth-order valence-electron chi connectivity index (χ4n) is 1.43. The van der Waals surface area contributed by atoms with Crippen LogP contribution in [0.2, 0.25) is 0 Å². The highest BCUT2D eigenvalue weighted by Crippen LogP contribution is 2.21. The second-order valence-electron chi connectivity index (χ2n) is 4.04. The summed E-state index contributed by atoms with van der Waals surface area (Å²) in [6.45, 7) is 6.68. The highest BCUT2D eigenvalue weighted by Gasteiger charge is 2.29. The van der Waals surface area contributed by atoms with Gasteiger partial charge >= 0.3 is 0 Å². The molecule has 0 aromatic carbocycles. The SMILES string of the molecule is C#CCN1CCS(=O)C(C)(C)CC1. The van der Waals surface area contributed by atoms with Gasteiger partial charge in [0.05, 0.1) is 6.54 Å². The van der Waals surface area contributed by atoms with Crippen LogP contribution >= 0.6 is 0 Å². The third-order valence-corrected chi connectivity index (χ3v) is 4.54. The number of rotatable bonds is 1. The van der Waals surface area contributed by atoms with E-state index < -0.39 is 10.8 Å². The van der Waals surface area contributed by atoms with Crippen molar-refractivity contribution in [1.29, 1.82) is 0 Å². The molecule has 0 aromatic rings. The molecule has 13 heavy (non-hydrogen) atoms. The Labute approximate surface area is 83.2 Å². The molecule has 1 fully saturated rings. The first-order valence-electron chi connectivity index (χ1n) is 4.60. The Morgan fingerprint density at radius 1 is 1.54 bits per heavy atom. The minimum atomic E-state index is -0.702.